The minimum Gasteiger partial charge on any atom is -0.545 e. The van der Waals surface area contributed by atoms with Crippen molar-refractivity contribution in [3.8, 4) is 22.8 Å². The lowest BCUT2D eigenvalue weighted by molar-refractivity contribution is -0.254. The first-order valence-electron chi connectivity index (χ1n) is 8.11. The van der Waals surface area contributed by atoms with Crippen LogP contribution in [0.4, 0.5) is 4.39 Å². The number of carboxylic acids is 1. The van der Waals surface area contributed by atoms with Crippen molar-refractivity contribution in [3.05, 3.63) is 76.0 Å². The number of nitrogens with zero attached hydrogens (tertiary/aromatic N) is 1. The number of fused-ring (bicyclic) bond motifs is 1. The van der Waals surface area contributed by atoms with Crippen molar-refractivity contribution in [3.63, 3.8) is 0 Å². The molecular formula is C21H12BrFNO3-. The van der Waals surface area contributed by atoms with Crippen LogP contribution in [0, 0.1) is 12.7 Å². The Morgan fingerprint density at radius 1 is 1.07 bits per heavy atom. The van der Waals surface area contributed by atoms with Gasteiger partial charge in [0.1, 0.15) is 17.3 Å². The third-order valence-electron chi connectivity index (χ3n) is 4.24. The first-order chi connectivity index (χ1) is 12.9. The van der Waals surface area contributed by atoms with Crippen molar-refractivity contribution in [1.82, 2.24) is 4.98 Å². The lowest BCUT2D eigenvalue weighted by Crippen LogP contribution is -2.22. The normalized spacial score (nSPS) is 11.1. The van der Waals surface area contributed by atoms with Crippen LogP contribution in [0.2, 0.25) is 0 Å². The highest BCUT2D eigenvalue weighted by atomic mass is 79.9. The lowest BCUT2D eigenvalue weighted by Gasteiger charge is -2.09. The molecule has 134 valence electrons. The second-order valence-electron chi connectivity index (χ2n) is 6.15. The van der Waals surface area contributed by atoms with Gasteiger partial charge in [-0.3, -0.25) is 0 Å². The van der Waals surface area contributed by atoms with Gasteiger partial charge in [-0.25, -0.2) is 9.37 Å². The Bertz CT molecular complexity index is 1200. The van der Waals surface area contributed by atoms with Gasteiger partial charge in [0.15, 0.2) is 5.76 Å². The summed E-state index contributed by atoms with van der Waals surface area (Å²) in [5, 5.41) is 11.7. The molecule has 0 aliphatic carbocycles. The first-order valence-corrected chi connectivity index (χ1v) is 8.90. The van der Waals surface area contributed by atoms with Gasteiger partial charge in [0, 0.05) is 21.0 Å². The van der Waals surface area contributed by atoms with Crippen LogP contribution in [0.15, 0.2) is 63.5 Å². The monoisotopic (exact) mass is 424 g/mol. The van der Waals surface area contributed by atoms with Crippen LogP contribution in [0.5, 0.6) is 0 Å². The summed E-state index contributed by atoms with van der Waals surface area (Å²) in [7, 11) is 0. The van der Waals surface area contributed by atoms with Crippen molar-refractivity contribution < 1.29 is 18.7 Å². The number of pyridine rings is 1. The molecule has 4 rings (SSSR count). The van der Waals surface area contributed by atoms with Gasteiger partial charge in [-0.15, -0.1) is 0 Å². The van der Waals surface area contributed by atoms with E-state index in [1.165, 1.54) is 18.2 Å². The maximum atomic E-state index is 13.5. The highest BCUT2D eigenvalue weighted by molar-refractivity contribution is 9.10. The number of carbonyl (C=O) groups is 1. The maximum absolute atomic E-state index is 13.5. The molecule has 2 aromatic carbocycles. The number of halogens is 2. The minimum absolute atomic E-state index is 0.135. The van der Waals surface area contributed by atoms with E-state index in [9.17, 15) is 14.3 Å². The molecule has 0 aliphatic heterocycles. The zero-order valence-electron chi connectivity index (χ0n) is 14.1. The number of carboxylic acid groups (broad SMARTS) is 1. The average molecular weight is 425 g/mol. The number of aryl methyl sites for hydroxylation is 1. The van der Waals surface area contributed by atoms with E-state index in [1.807, 2.05) is 25.1 Å². The molecule has 2 aromatic heterocycles. The molecule has 0 radical (unpaired) electrons. The Hall–Kier alpha value is -2.99. The molecule has 0 saturated carbocycles. The Morgan fingerprint density at radius 3 is 2.59 bits per heavy atom. The van der Waals surface area contributed by atoms with Crippen LogP contribution in [0.25, 0.3) is 33.7 Å². The highest BCUT2D eigenvalue weighted by Crippen LogP contribution is 2.34. The van der Waals surface area contributed by atoms with Gasteiger partial charge in [0.2, 0.25) is 0 Å². The summed E-state index contributed by atoms with van der Waals surface area (Å²) in [6.07, 6.45) is 0. The number of carbonyl (C=O) groups excluding carboxylic acids is 1. The predicted molar refractivity (Wildman–Crippen MR) is 102 cm³/mol. The molecule has 4 aromatic rings. The molecule has 0 fully saturated rings. The van der Waals surface area contributed by atoms with Gasteiger partial charge < -0.3 is 14.3 Å². The standard InChI is InChI=1S/C21H13BrFNO3/c1-11-2-4-13(16(22)8-11)19-6-7-20(27-19)18-10-15(21(25)26)14-9-12(23)3-5-17(14)24-18/h2-10H,1H3,(H,25,26)/p-1. The number of furan rings is 1. The molecule has 0 aliphatic rings. The van der Waals surface area contributed by atoms with E-state index >= 15 is 0 Å². The number of hydrogen-bond donors (Lipinski definition) is 0. The Kier molecular flexibility index (Phi) is 4.28. The van der Waals surface area contributed by atoms with Gasteiger partial charge in [-0.2, -0.15) is 0 Å². The van der Waals surface area contributed by atoms with Crippen molar-refractivity contribution in [2.75, 3.05) is 0 Å². The second-order valence-corrected chi connectivity index (χ2v) is 7.01. The zero-order chi connectivity index (χ0) is 19.1. The van der Waals surface area contributed by atoms with Gasteiger partial charge >= 0.3 is 0 Å². The molecule has 0 bridgehead atoms. The van der Waals surface area contributed by atoms with Crippen molar-refractivity contribution >= 4 is 32.8 Å². The van der Waals surface area contributed by atoms with E-state index in [-0.39, 0.29) is 10.9 Å². The van der Waals surface area contributed by atoms with Crippen molar-refractivity contribution in [2.45, 2.75) is 6.92 Å². The van der Waals surface area contributed by atoms with Crippen molar-refractivity contribution in [2.24, 2.45) is 0 Å². The second kappa shape index (κ2) is 6.63. The van der Waals surface area contributed by atoms with Gasteiger partial charge in [0.25, 0.3) is 0 Å². The molecule has 2 heterocycles. The van der Waals surface area contributed by atoms with E-state index in [0.717, 1.165) is 21.7 Å². The highest BCUT2D eigenvalue weighted by Gasteiger charge is 2.14. The van der Waals surface area contributed by atoms with E-state index in [1.54, 1.807) is 12.1 Å². The molecule has 0 unspecified atom stereocenters. The van der Waals surface area contributed by atoms with Crippen LogP contribution in [-0.4, -0.2) is 11.0 Å². The molecule has 0 N–H and O–H groups in total. The van der Waals surface area contributed by atoms with Crippen LogP contribution >= 0.6 is 15.9 Å². The Balaban J connectivity index is 1.85. The largest absolute Gasteiger partial charge is 0.545 e. The molecule has 0 saturated heterocycles. The molecule has 4 nitrogen and oxygen atoms in total. The third-order valence-corrected chi connectivity index (χ3v) is 4.90. The summed E-state index contributed by atoms with van der Waals surface area (Å²) < 4.78 is 20.3. The molecule has 0 atom stereocenters. The topological polar surface area (TPSA) is 66.2 Å². The number of benzene rings is 2. The summed E-state index contributed by atoms with van der Waals surface area (Å²) in [6, 6.07) is 14.5. The number of hydrogen-bond acceptors (Lipinski definition) is 4. The molecule has 6 heteroatoms. The van der Waals surface area contributed by atoms with Gasteiger partial charge in [0.05, 0.1) is 11.5 Å². The fourth-order valence-corrected chi connectivity index (χ4v) is 3.62. The number of aromatic carboxylic acids is 1. The fraction of sp³-hybridized carbons (Fsp3) is 0.0476. The molecule has 0 amide bonds. The average Bonchev–Trinajstić information content (AvgIpc) is 3.10. The van der Waals surface area contributed by atoms with Crippen LogP contribution in [-0.2, 0) is 0 Å². The van der Waals surface area contributed by atoms with Crippen molar-refractivity contribution in [1.29, 1.82) is 0 Å². The molecular weight excluding hydrogens is 413 g/mol. The quantitative estimate of drug-likeness (QED) is 0.476. The summed E-state index contributed by atoms with van der Waals surface area (Å²) in [5.41, 5.74) is 2.53. The molecule has 0 spiro atoms. The zero-order valence-corrected chi connectivity index (χ0v) is 15.7. The fourth-order valence-electron chi connectivity index (χ4n) is 2.93. The van der Waals surface area contributed by atoms with Gasteiger partial charge in [-0.1, -0.05) is 22.0 Å². The minimum atomic E-state index is -1.40. The van der Waals surface area contributed by atoms with Crippen LogP contribution in [0.1, 0.15) is 15.9 Å². The van der Waals surface area contributed by atoms with Gasteiger partial charge in [-0.05, 0) is 61.0 Å². The first kappa shape index (κ1) is 17.4. The van der Waals surface area contributed by atoms with E-state index < -0.39 is 11.8 Å². The molecule has 27 heavy (non-hydrogen) atoms. The number of aromatic nitrogens is 1. The predicted octanol–water partition coefficient (Wildman–Crippen LogP) is 4.74. The SMILES string of the molecule is Cc1ccc(-c2ccc(-c3cc(C(=O)[O-])c4cc(F)ccc4n3)o2)c(Br)c1. The third kappa shape index (κ3) is 3.24. The van der Waals surface area contributed by atoms with E-state index in [0.29, 0.717) is 22.7 Å². The number of rotatable bonds is 3. The smallest absolute Gasteiger partial charge is 0.153 e. The Morgan fingerprint density at radius 2 is 1.85 bits per heavy atom. The Labute approximate surface area is 162 Å². The summed E-state index contributed by atoms with van der Waals surface area (Å²) in [5.74, 6) is -0.912. The van der Waals surface area contributed by atoms with E-state index in [4.69, 9.17) is 4.42 Å². The van der Waals surface area contributed by atoms with Crippen LogP contribution in [0.3, 0.4) is 0 Å². The maximum Gasteiger partial charge on any atom is 0.153 e. The summed E-state index contributed by atoms with van der Waals surface area (Å²) in [4.78, 5) is 15.9. The lowest BCUT2D eigenvalue weighted by atomic mass is 10.1. The summed E-state index contributed by atoms with van der Waals surface area (Å²) in [6.45, 7) is 1.99. The van der Waals surface area contributed by atoms with E-state index in [2.05, 4.69) is 20.9 Å². The summed E-state index contributed by atoms with van der Waals surface area (Å²) >= 11 is 3.52. The van der Waals surface area contributed by atoms with Crippen LogP contribution < -0.4 is 5.11 Å².